The van der Waals surface area contributed by atoms with E-state index < -0.39 is 0 Å². The van der Waals surface area contributed by atoms with Crippen LogP contribution in [0.4, 0.5) is 0 Å². The zero-order valence-corrected chi connectivity index (χ0v) is 11.5. The predicted molar refractivity (Wildman–Crippen MR) is 78.3 cm³/mol. The molecule has 102 valence electrons. The van der Waals surface area contributed by atoms with Gasteiger partial charge in [-0.05, 0) is 44.0 Å². The van der Waals surface area contributed by atoms with Crippen LogP contribution in [0.25, 0.3) is 11.0 Å². The van der Waals surface area contributed by atoms with E-state index in [0.717, 1.165) is 31.6 Å². The Bertz CT molecular complexity index is 556. The topological polar surface area (TPSA) is 47.1 Å². The van der Waals surface area contributed by atoms with Crippen molar-refractivity contribution in [3.63, 3.8) is 0 Å². The maximum absolute atomic E-state index is 5.56. The van der Waals surface area contributed by atoms with Crippen LogP contribution in [-0.4, -0.2) is 41.1 Å². The molecule has 1 aliphatic rings. The Morgan fingerprint density at radius 3 is 2.95 bits per heavy atom. The van der Waals surface area contributed by atoms with E-state index in [2.05, 4.69) is 39.7 Å². The number of imidazole rings is 1. The van der Waals surface area contributed by atoms with Crippen LogP contribution in [0.2, 0.25) is 0 Å². The van der Waals surface area contributed by atoms with Gasteiger partial charge in [-0.2, -0.15) is 0 Å². The summed E-state index contributed by atoms with van der Waals surface area (Å²) in [7, 11) is 2.12. The van der Waals surface area contributed by atoms with Gasteiger partial charge in [0.2, 0.25) is 0 Å². The van der Waals surface area contributed by atoms with Gasteiger partial charge in [0, 0.05) is 25.7 Å². The minimum Gasteiger partial charge on any atom is -0.329 e. The minimum atomic E-state index is 0.700. The number of benzene rings is 1. The van der Waals surface area contributed by atoms with Crippen LogP contribution in [-0.2, 0) is 6.42 Å². The summed E-state index contributed by atoms with van der Waals surface area (Å²) >= 11 is 0. The monoisotopic (exact) mass is 258 g/mol. The number of fused-ring (bicyclic) bond motifs is 1. The molecule has 1 saturated carbocycles. The molecule has 1 fully saturated rings. The molecule has 4 nitrogen and oxygen atoms in total. The highest BCUT2D eigenvalue weighted by atomic mass is 15.1. The lowest BCUT2D eigenvalue weighted by Gasteiger charge is -2.15. The molecule has 3 rings (SSSR count). The molecule has 2 N–H and O–H groups in total. The fourth-order valence-electron chi connectivity index (χ4n) is 2.53. The second-order valence-corrected chi connectivity index (χ2v) is 5.55. The van der Waals surface area contributed by atoms with E-state index in [-0.39, 0.29) is 0 Å². The van der Waals surface area contributed by atoms with Gasteiger partial charge in [-0.15, -0.1) is 0 Å². The van der Waals surface area contributed by atoms with Crippen LogP contribution in [0.5, 0.6) is 0 Å². The van der Waals surface area contributed by atoms with Crippen molar-refractivity contribution in [3.8, 4) is 0 Å². The standard InChI is InChI=1S/C15H22N4/c1-18(9-7-16)8-6-12-2-5-15-14(10-12)17-11-19(15)13-3-4-13/h2,5,10-11,13H,3-4,6-9,16H2,1H3. The molecule has 0 amide bonds. The van der Waals surface area contributed by atoms with Crippen LogP contribution in [0.1, 0.15) is 24.4 Å². The van der Waals surface area contributed by atoms with Gasteiger partial charge in [0.25, 0.3) is 0 Å². The summed E-state index contributed by atoms with van der Waals surface area (Å²) in [5.74, 6) is 0. The van der Waals surface area contributed by atoms with Gasteiger partial charge in [0.05, 0.1) is 17.4 Å². The number of hydrogen-bond donors (Lipinski definition) is 1. The molecule has 0 spiro atoms. The summed E-state index contributed by atoms with van der Waals surface area (Å²) in [6.07, 6.45) is 5.66. The second-order valence-electron chi connectivity index (χ2n) is 5.55. The largest absolute Gasteiger partial charge is 0.329 e. The van der Waals surface area contributed by atoms with Gasteiger partial charge in [0.15, 0.2) is 0 Å². The highest BCUT2D eigenvalue weighted by molar-refractivity contribution is 5.76. The quantitative estimate of drug-likeness (QED) is 0.859. The van der Waals surface area contributed by atoms with E-state index in [9.17, 15) is 0 Å². The van der Waals surface area contributed by atoms with Gasteiger partial charge < -0.3 is 15.2 Å². The fraction of sp³-hybridized carbons (Fsp3) is 0.533. The summed E-state index contributed by atoms with van der Waals surface area (Å²) in [5.41, 5.74) is 9.32. The molecule has 0 atom stereocenters. The molecule has 4 heteroatoms. The van der Waals surface area contributed by atoms with Crippen molar-refractivity contribution in [1.29, 1.82) is 0 Å². The molecule has 1 aromatic carbocycles. The average molecular weight is 258 g/mol. The molecule has 0 radical (unpaired) electrons. The lowest BCUT2D eigenvalue weighted by molar-refractivity contribution is 0.348. The highest BCUT2D eigenvalue weighted by Gasteiger charge is 2.24. The predicted octanol–water partition coefficient (Wildman–Crippen LogP) is 1.80. The van der Waals surface area contributed by atoms with Crippen LogP contribution < -0.4 is 5.73 Å². The Morgan fingerprint density at radius 2 is 2.21 bits per heavy atom. The first-order chi connectivity index (χ1) is 9.28. The summed E-state index contributed by atoms with van der Waals surface area (Å²) in [6.45, 7) is 2.73. The van der Waals surface area contributed by atoms with Gasteiger partial charge in [-0.1, -0.05) is 6.07 Å². The number of rotatable bonds is 6. The first kappa shape index (κ1) is 12.6. The van der Waals surface area contributed by atoms with Gasteiger partial charge >= 0.3 is 0 Å². The molecule has 19 heavy (non-hydrogen) atoms. The number of aromatic nitrogens is 2. The molecule has 1 aromatic heterocycles. The van der Waals surface area contributed by atoms with Crippen molar-refractivity contribution in [1.82, 2.24) is 14.5 Å². The minimum absolute atomic E-state index is 0.700. The highest BCUT2D eigenvalue weighted by Crippen LogP contribution is 2.37. The van der Waals surface area contributed by atoms with Crippen LogP contribution in [0, 0.1) is 0 Å². The average Bonchev–Trinajstić information content (AvgIpc) is 3.17. The third-order valence-corrected chi connectivity index (χ3v) is 3.87. The Labute approximate surface area is 114 Å². The van der Waals surface area contributed by atoms with Crippen molar-refractivity contribution >= 4 is 11.0 Å². The van der Waals surface area contributed by atoms with E-state index in [0.29, 0.717) is 6.04 Å². The molecule has 1 aliphatic carbocycles. The van der Waals surface area contributed by atoms with E-state index >= 15 is 0 Å². The number of likely N-dealkylation sites (N-methyl/N-ethyl adjacent to an activating group) is 1. The molecule has 0 aliphatic heterocycles. The lowest BCUT2D eigenvalue weighted by Crippen LogP contribution is -2.27. The van der Waals surface area contributed by atoms with Gasteiger partial charge in [0.1, 0.15) is 0 Å². The first-order valence-electron chi connectivity index (χ1n) is 7.12. The van der Waals surface area contributed by atoms with Gasteiger partial charge in [-0.25, -0.2) is 4.98 Å². The molecule has 0 unspecified atom stereocenters. The molecule has 1 heterocycles. The van der Waals surface area contributed by atoms with Gasteiger partial charge in [-0.3, -0.25) is 0 Å². The Hall–Kier alpha value is -1.39. The van der Waals surface area contributed by atoms with Crippen LogP contribution in [0.15, 0.2) is 24.5 Å². The van der Waals surface area contributed by atoms with E-state index in [1.165, 1.54) is 23.9 Å². The first-order valence-corrected chi connectivity index (χ1v) is 7.12. The zero-order valence-electron chi connectivity index (χ0n) is 11.5. The number of nitrogens with zero attached hydrogens (tertiary/aromatic N) is 3. The lowest BCUT2D eigenvalue weighted by atomic mass is 10.1. The maximum Gasteiger partial charge on any atom is 0.0960 e. The Morgan fingerprint density at radius 1 is 1.37 bits per heavy atom. The summed E-state index contributed by atoms with van der Waals surface area (Å²) in [5, 5.41) is 0. The van der Waals surface area contributed by atoms with Crippen LogP contribution in [0.3, 0.4) is 0 Å². The van der Waals surface area contributed by atoms with E-state index in [1.54, 1.807) is 0 Å². The second kappa shape index (κ2) is 5.31. The smallest absolute Gasteiger partial charge is 0.0960 e. The van der Waals surface area contributed by atoms with Crippen molar-refractivity contribution in [2.45, 2.75) is 25.3 Å². The molecule has 2 aromatic rings. The molecule has 0 bridgehead atoms. The summed E-state index contributed by atoms with van der Waals surface area (Å²) in [4.78, 5) is 6.80. The number of hydrogen-bond acceptors (Lipinski definition) is 3. The van der Waals surface area contributed by atoms with Crippen LogP contribution >= 0.6 is 0 Å². The zero-order chi connectivity index (χ0) is 13.2. The third-order valence-electron chi connectivity index (χ3n) is 3.87. The fourth-order valence-corrected chi connectivity index (χ4v) is 2.53. The Kier molecular flexibility index (Phi) is 3.53. The maximum atomic E-state index is 5.56. The SMILES string of the molecule is CN(CCN)CCc1ccc2c(c1)ncn2C1CC1. The molecular weight excluding hydrogens is 236 g/mol. The summed E-state index contributed by atoms with van der Waals surface area (Å²) in [6, 6.07) is 7.38. The normalized spacial score (nSPS) is 15.5. The molecule has 0 saturated heterocycles. The van der Waals surface area contributed by atoms with Crippen molar-refractivity contribution in [3.05, 3.63) is 30.1 Å². The Balaban J connectivity index is 1.71. The van der Waals surface area contributed by atoms with Crippen molar-refractivity contribution < 1.29 is 0 Å². The van der Waals surface area contributed by atoms with Crippen molar-refractivity contribution in [2.75, 3.05) is 26.7 Å². The van der Waals surface area contributed by atoms with E-state index in [1.807, 2.05) is 6.33 Å². The molecular formula is C15H22N4. The number of nitrogens with two attached hydrogens (primary N) is 1. The van der Waals surface area contributed by atoms with Crippen molar-refractivity contribution in [2.24, 2.45) is 5.73 Å². The summed E-state index contributed by atoms with van der Waals surface area (Å²) < 4.78 is 2.32. The van der Waals surface area contributed by atoms with E-state index in [4.69, 9.17) is 5.73 Å². The third kappa shape index (κ3) is 2.80.